The van der Waals surface area contributed by atoms with E-state index in [1.165, 1.54) is 24.3 Å². The first kappa shape index (κ1) is 31.6. The highest BCUT2D eigenvalue weighted by molar-refractivity contribution is 6.60. The van der Waals surface area contributed by atoms with E-state index in [-0.39, 0.29) is 5.75 Å². The first-order chi connectivity index (χ1) is 17.4. The maximum Gasteiger partial charge on any atom is 0.500 e. The molecule has 1 aromatic carbocycles. The molecule has 0 aliphatic rings. The molecule has 0 fully saturated rings. The van der Waals surface area contributed by atoms with Gasteiger partial charge in [0.2, 0.25) is 0 Å². The van der Waals surface area contributed by atoms with Gasteiger partial charge in [0.25, 0.3) is 0 Å². The summed E-state index contributed by atoms with van der Waals surface area (Å²) in [6.45, 7) is 8.34. The van der Waals surface area contributed by atoms with Crippen LogP contribution in [-0.4, -0.2) is 60.4 Å². The number of benzene rings is 1. The van der Waals surface area contributed by atoms with Crippen molar-refractivity contribution in [2.24, 2.45) is 0 Å². The Morgan fingerprint density at radius 1 is 0.972 bits per heavy atom. The molecular weight excluding hydrogens is 489 g/mol. The Hall–Kier alpha value is -2.47. The number of carbonyl (C=O) groups is 2. The van der Waals surface area contributed by atoms with E-state index >= 15 is 0 Å². The summed E-state index contributed by atoms with van der Waals surface area (Å²) < 4.78 is 41.9. The predicted molar refractivity (Wildman–Crippen MR) is 134 cm³/mol. The molecule has 36 heavy (non-hydrogen) atoms. The second-order valence-electron chi connectivity index (χ2n) is 7.75. The summed E-state index contributed by atoms with van der Waals surface area (Å²) in [7, 11) is -2.70. The van der Waals surface area contributed by atoms with Crippen LogP contribution >= 0.6 is 0 Å². The van der Waals surface area contributed by atoms with Crippen LogP contribution in [0.15, 0.2) is 24.3 Å². The number of ether oxygens (including phenoxy) is 2. The third-order valence-electron chi connectivity index (χ3n) is 4.92. The SMILES string of the molecule is CCO[Si](CCCNC(=O)OCCCCCCOc1cc(/C=C/C(=O)[O-])ccc1F)(OCC)OCC. The number of hydrogen-bond acceptors (Lipinski definition) is 8. The molecule has 0 aliphatic heterocycles. The molecule has 204 valence electrons. The standard InChI is InChI=1S/C25H40FNO8Si/c1-4-33-36(34-5-2,35-6-3)19-11-16-27-25(30)32-18-10-8-7-9-17-31-23-20-21(12-14-22(23)26)13-15-24(28)29/h12-15,20H,4-11,16-19H2,1-3H3,(H,27,30)(H,28,29)/p-1/b15-13+. The second-order valence-corrected chi connectivity index (χ2v) is 10.5. The normalized spacial score (nSPS) is 11.6. The molecule has 0 bridgehead atoms. The number of hydrogen-bond donors (Lipinski definition) is 1. The van der Waals surface area contributed by atoms with Crippen LogP contribution in [0.3, 0.4) is 0 Å². The van der Waals surface area contributed by atoms with Gasteiger partial charge in [0.15, 0.2) is 11.6 Å². The van der Waals surface area contributed by atoms with Gasteiger partial charge in [-0.1, -0.05) is 12.1 Å². The molecule has 1 N–H and O–H groups in total. The van der Waals surface area contributed by atoms with Crippen LogP contribution in [0.5, 0.6) is 5.75 Å². The van der Waals surface area contributed by atoms with Crippen molar-refractivity contribution in [2.75, 3.05) is 39.6 Å². The first-order valence-electron chi connectivity index (χ1n) is 12.5. The van der Waals surface area contributed by atoms with Gasteiger partial charge in [-0.2, -0.15) is 0 Å². The molecule has 1 aromatic rings. The quantitative estimate of drug-likeness (QED) is 0.155. The molecule has 11 heteroatoms. The highest BCUT2D eigenvalue weighted by Crippen LogP contribution is 2.20. The van der Waals surface area contributed by atoms with Gasteiger partial charge in [0.05, 0.1) is 19.2 Å². The molecule has 1 amide bonds. The van der Waals surface area contributed by atoms with E-state index in [9.17, 15) is 19.1 Å². The Balaban J connectivity index is 2.16. The third-order valence-corrected chi connectivity index (χ3v) is 8.07. The molecule has 0 unspecified atom stereocenters. The monoisotopic (exact) mass is 528 g/mol. The van der Waals surface area contributed by atoms with Crippen LogP contribution < -0.4 is 15.2 Å². The molecule has 0 radical (unpaired) electrons. The van der Waals surface area contributed by atoms with Crippen LogP contribution in [0.25, 0.3) is 6.08 Å². The molecule has 0 aliphatic carbocycles. The summed E-state index contributed by atoms with van der Waals surface area (Å²) in [4.78, 5) is 22.4. The number of rotatable bonds is 20. The fourth-order valence-corrected chi connectivity index (χ4v) is 5.96. The van der Waals surface area contributed by atoms with Crippen LogP contribution in [0.1, 0.15) is 58.4 Å². The predicted octanol–water partition coefficient (Wildman–Crippen LogP) is 3.69. The maximum atomic E-state index is 13.8. The van der Waals surface area contributed by atoms with Gasteiger partial charge in [-0.3, -0.25) is 0 Å². The number of carboxylic acids is 1. The van der Waals surface area contributed by atoms with Gasteiger partial charge >= 0.3 is 14.9 Å². The zero-order chi connectivity index (χ0) is 26.7. The van der Waals surface area contributed by atoms with Crippen molar-refractivity contribution in [3.8, 4) is 5.75 Å². The number of nitrogens with one attached hydrogen (secondary N) is 1. The van der Waals surface area contributed by atoms with Gasteiger partial charge in [-0.15, -0.1) is 0 Å². The lowest BCUT2D eigenvalue weighted by atomic mass is 10.2. The summed E-state index contributed by atoms with van der Waals surface area (Å²) >= 11 is 0. The lowest BCUT2D eigenvalue weighted by molar-refractivity contribution is -0.297. The zero-order valence-corrected chi connectivity index (χ0v) is 22.5. The fourth-order valence-electron chi connectivity index (χ4n) is 3.35. The number of amides is 1. The second kappa shape index (κ2) is 18.7. The molecule has 0 atom stereocenters. The van der Waals surface area contributed by atoms with Crippen molar-refractivity contribution < 1.29 is 41.8 Å². The lowest BCUT2D eigenvalue weighted by Crippen LogP contribution is -2.46. The van der Waals surface area contributed by atoms with Crippen molar-refractivity contribution in [3.05, 3.63) is 35.7 Å². The van der Waals surface area contributed by atoms with Crippen molar-refractivity contribution >= 4 is 26.9 Å². The largest absolute Gasteiger partial charge is 0.545 e. The Morgan fingerprint density at radius 3 is 2.22 bits per heavy atom. The number of halogens is 1. The van der Waals surface area contributed by atoms with Crippen molar-refractivity contribution in [1.29, 1.82) is 0 Å². The molecule has 9 nitrogen and oxygen atoms in total. The smallest absolute Gasteiger partial charge is 0.500 e. The van der Waals surface area contributed by atoms with Gasteiger partial charge in [0, 0.05) is 32.4 Å². The molecule has 0 aromatic heterocycles. The Bertz CT molecular complexity index is 791. The van der Waals surface area contributed by atoms with E-state index < -0.39 is 26.7 Å². The molecule has 0 saturated heterocycles. The maximum absolute atomic E-state index is 13.8. The van der Waals surface area contributed by atoms with Gasteiger partial charge in [-0.05, 0) is 76.6 Å². The summed E-state index contributed by atoms with van der Waals surface area (Å²) in [5.74, 6) is -1.77. The average Bonchev–Trinajstić information content (AvgIpc) is 2.84. The highest BCUT2D eigenvalue weighted by Gasteiger charge is 2.39. The van der Waals surface area contributed by atoms with Crippen molar-refractivity contribution in [1.82, 2.24) is 5.32 Å². The molecule has 0 saturated carbocycles. The average molecular weight is 529 g/mol. The Labute approximate surface area is 214 Å². The summed E-state index contributed by atoms with van der Waals surface area (Å²) in [5, 5.41) is 13.2. The number of alkyl carbamates (subject to hydrolysis) is 1. The summed E-state index contributed by atoms with van der Waals surface area (Å²) in [6.07, 6.45) is 5.47. The first-order valence-corrected chi connectivity index (χ1v) is 14.4. The highest BCUT2D eigenvalue weighted by atomic mass is 28.4. The van der Waals surface area contributed by atoms with Gasteiger partial charge in [-0.25, -0.2) is 9.18 Å². The Kier molecular flexibility index (Phi) is 16.4. The van der Waals surface area contributed by atoms with Crippen LogP contribution in [0.2, 0.25) is 6.04 Å². The third kappa shape index (κ3) is 13.6. The minimum absolute atomic E-state index is 0.0687. The van der Waals surface area contributed by atoms with Gasteiger partial charge < -0.3 is 38.0 Å². The molecule has 1 rings (SSSR count). The number of unbranched alkanes of at least 4 members (excludes halogenated alkanes) is 3. The van der Waals surface area contributed by atoms with E-state index in [2.05, 4.69) is 5.32 Å². The van der Waals surface area contributed by atoms with E-state index in [0.29, 0.717) is 70.4 Å². The summed E-state index contributed by atoms with van der Waals surface area (Å²) in [6, 6.07) is 4.74. The minimum Gasteiger partial charge on any atom is -0.545 e. The number of carboxylic acid groups (broad SMARTS) is 1. The fraction of sp³-hybridized carbons (Fsp3) is 0.600. The molecular formula is C25H39FNO8Si-. The summed E-state index contributed by atoms with van der Waals surface area (Å²) in [5.41, 5.74) is 0.505. The van der Waals surface area contributed by atoms with Crippen LogP contribution in [0, 0.1) is 5.82 Å². The van der Waals surface area contributed by atoms with E-state index in [0.717, 1.165) is 18.9 Å². The number of aliphatic carboxylic acids is 1. The van der Waals surface area contributed by atoms with E-state index in [1.807, 2.05) is 20.8 Å². The van der Waals surface area contributed by atoms with Crippen LogP contribution in [-0.2, 0) is 22.8 Å². The lowest BCUT2D eigenvalue weighted by Gasteiger charge is -2.28. The van der Waals surface area contributed by atoms with E-state index in [1.54, 1.807) is 0 Å². The van der Waals surface area contributed by atoms with Crippen molar-refractivity contribution in [2.45, 2.75) is 58.9 Å². The minimum atomic E-state index is -2.70. The van der Waals surface area contributed by atoms with Gasteiger partial charge in [0.1, 0.15) is 0 Å². The van der Waals surface area contributed by atoms with Crippen LogP contribution in [0.4, 0.5) is 9.18 Å². The Morgan fingerprint density at radius 2 is 1.61 bits per heavy atom. The van der Waals surface area contributed by atoms with E-state index in [4.69, 9.17) is 22.8 Å². The molecule has 0 spiro atoms. The molecule has 0 heterocycles. The number of carbonyl (C=O) groups excluding carboxylic acids is 2. The topological polar surface area (TPSA) is 115 Å². The van der Waals surface area contributed by atoms with Crippen molar-refractivity contribution in [3.63, 3.8) is 0 Å². The zero-order valence-electron chi connectivity index (χ0n) is 21.5.